The van der Waals surface area contributed by atoms with Crippen LogP contribution in [0.15, 0.2) is 97.2 Å². The van der Waals surface area contributed by atoms with Gasteiger partial charge in [-0.05, 0) is 123 Å². The van der Waals surface area contributed by atoms with Crippen molar-refractivity contribution in [3.05, 3.63) is 181 Å². The third-order valence-corrected chi connectivity index (χ3v) is 25.0. The van der Waals surface area contributed by atoms with Crippen molar-refractivity contribution in [2.75, 3.05) is 44.0 Å². The maximum absolute atomic E-state index is 13.4. The number of amides is 6. The minimum atomic E-state index is -3.77. The number of hydrogen-bond acceptors (Lipinski definition) is 19. The number of hydrogen-bond donors (Lipinski definition) is 5. The van der Waals surface area contributed by atoms with Gasteiger partial charge in [-0.15, -0.1) is 0 Å². The lowest BCUT2D eigenvalue weighted by molar-refractivity contribution is 0.0716. The lowest BCUT2D eigenvalue weighted by Crippen LogP contribution is -2.47. The molecule has 0 atom stereocenters. The van der Waals surface area contributed by atoms with Crippen LogP contribution in [-0.2, 0) is 89.1 Å². The molecule has 6 amide bonds. The van der Waals surface area contributed by atoms with Crippen LogP contribution < -0.4 is 25.8 Å². The Hall–Kier alpha value is -10.4. The van der Waals surface area contributed by atoms with Gasteiger partial charge in [0.1, 0.15) is 37.1 Å². The predicted octanol–water partition coefficient (Wildman–Crippen LogP) is 2.95. The predicted molar refractivity (Wildman–Crippen MR) is 356 cm³/mol. The number of rotatable bonds is 20. The van der Waals surface area contributed by atoms with Crippen LogP contribution in [0.2, 0.25) is 0 Å². The molecule has 3 fully saturated rings. The van der Waals surface area contributed by atoms with E-state index in [-0.39, 0.29) is 92.1 Å². The van der Waals surface area contributed by atoms with Crippen LogP contribution >= 0.6 is 10.7 Å². The number of sulfonamides is 2. The first-order valence-corrected chi connectivity index (χ1v) is 36.6. The first kappa shape index (κ1) is 70.0. The van der Waals surface area contributed by atoms with Gasteiger partial charge in [0.2, 0.25) is 29.1 Å². The average Bonchev–Trinajstić information content (AvgIpc) is 1.51. The minimum Gasteiger partial charge on any atom is -0.347 e. The highest BCUT2D eigenvalue weighted by atomic mass is 35.7. The van der Waals surface area contributed by atoms with E-state index in [0.717, 1.165) is 16.7 Å². The summed E-state index contributed by atoms with van der Waals surface area (Å²) in [6.45, 7) is 1.79. The van der Waals surface area contributed by atoms with Gasteiger partial charge in [-0.25, -0.2) is 35.4 Å². The number of nitrogens with two attached hydrogens (primary N) is 1. The molecule has 3 aliphatic heterocycles. The molecule has 13 rings (SSSR count). The standard InChI is InChI=1S/C25H25N7O4S.C20H20ClN5O4S.C20H22N6O4S/c1-31-22-19(21(29-31)23(33)28-15-18-7-5-17(14-26)6-8-18)9-13-32(24(22)34)16-25(10-11-25)37(35,36)30-20-4-2-3-12-27-20;1-25-17-15(6-9-26(19(17)28)12-20(7-8-20)31(21,29)30)16(24-25)18(27)23-11-14-4-2-13(10-22)3-5-14;1-25-17-15(6-9-26(19(17)28)12-20(7-8-20)31(22,29)30)16(24-25)18(27)23-11-14-4-2-13(10-21)3-5-14/h2-8,12H,9-11,13,15-16H2,1H3,(H,27,30)(H,28,33);2-5H,6-9,11-12H2,1H3,(H,23,27);2-5H,6-9,11-12H2,1H3,(H,23,27)(H2,22,29,30). The van der Waals surface area contributed by atoms with Crippen molar-refractivity contribution in [1.29, 1.82) is 15.8 Å². The summed E-state index contributed by atoms with van der Waals surface area (Å²) in [5.74, 6) is -2.00. The van der Waals surface area contributed by atoms with Crippen LogP contribution in [0.5, 0.6) is 0 Å². The van der Waals surface area contributed by atoms with E-state index < -0.39 is 61.1 Å². The number of nitrogens with one attached hydrogen (secondary N) is 4. The second kappa shape index (κ2) is 27.5. The van der Waals surface area contributed by atoms with Gasteiger partial charge in [0, 0.05) is 114 Å². The second-order valence-corrected chi connectivity index (χ2v) is 32.1. The third kappa shape index (κ3) is 14.6. The summed E-state index contributed by atoms with van der Waals surface area (Å²) in [5.41, 5.74) is 7.19. The van der Waals surface area contributed by atoms with E-state index in [9.17, 15) is 54.0 Å². The van der Waals surface area contributed by atoms with E-state index >= 15 is 0 Å². The van der Waals surface area contributed by atoms with Gasteiger partial charge in [-0.3, -0.25) is 47.5 Å². The number of halogens is 1. The number of carbonyl (C=O) groups excluding carboxylic acids is 6. The monoisotopic (exact) mass is 1420 g/mol. The molecule has 7 heterocycles. The number of pyridine rings is 1. The summed E-state index contributed by atoms with van der Waals surface area (Å²) >= 11 is 0. The molecule has 7 aromatic rings. The summed E-state index contributed by atoms with van der Waals surface area (Å²) in [6, 6.07) is 31.7. The number of aromatic nitrogens is 7. The fourth-order valence-corrected chi connectivity index (χ4v) is 16.3. The number of primary sulfonamides is 1. The number of nitrogens with zero attached hydrogens (tertiary/aromatic N) is 13. The molecule has 4 aromatic heterocycles. The van der Waals surface area contributed by atoms with E-state index in [2.05, 4.69) is 47.0 Å². The van der Waals surface area contributed by atoms with Crippen LogP contribution in [0, 0.1) is 34.0 Å². The SMILES string of the molecule is Cn1nc(C(=O)NCc2ccc(C#N)cc2)c2c1C(=O)N(CC1(S(=O)(=O)Cl)CC1)CC2.Cn1nc(C(=O)NCc2ccc(C#N)cc2)c2c1C(=O)N(CC1(S(=O)(=O)Nc3ccccn3)CC1)CC2.Cn1nc(C(=O)NCc2ccc(C#N)cc2)c2c1C(=O)N(CC1(S(N)(=O)=O)CC1)CC2. The number of carbonyl (C=O) groups is 6. The zero-order valence-corrected chi connectivity index (χ0v) is 57.1. The Morgan fingerprint density at radius 2 is 0.828 bits per heavy atom. The fourth-order valence-electron chi connectivity index (χ4n) is 12.3. The summed E-state index contributed by atoms with van der Waals surface area (Å²) in [5, 5.41) is 53.2. The number of aryl methyl sites for hydroxylation is 3. The van der Waals surface area contributed by atoms with Crippen LogP contribution in [0.4, 0.5) is 5.82 Å². The normalized spacial score (nSPS) is 16.7. The van der Waals surface area contributed by atoms with Gasteiger partial charge in [0.15, 0.2) is 17.1 Å². The molecule has 30 nitrogen and oxygen atoms in total. The quantitative estimate of drug-likeness (QED) is 0.0685. The van der Waals surface area contributed by atoms with Crippen LogP contribution in [0.3, 0.4) is 0 Å². The Balaban J connectivity index is 0.000000151. The Bertz CT molecular complexity index is 4700. The van der Waals surface area contributed by atoms with Gasteiger partial charge in [-0.2, -0.15) is 31.1 Å². The van der Waals surface area contributed by atoms with Crippen molar-refractivity contribution in [2.45, 2.75) is 91.7 Å². The van der Waals surface area contributed by atoms with Crippen molar-refractivity contribution in [3.8, 4) is 18.2 Å². The van der Waals surface area contributed by atoms with Gasteiger partial charge in [-0.1, -0.05) is 42.5 Å². The zero-order chi connectivity index (χ0) is 71.0. The molecule has 0 unspecified atom stereocenters. The molecule has 3 aliphatic carbocycles. The van der Waals surface area contributed by atoms with E-state index in [0.29, 0.717) is 116 Å². The molecular weight excluding hydrogens is 1360 g/mol. The smallest absolute Gasteiger partial charge is 0.272 e. The minimum absolute atomic E-state index is 0.0442. The number of nitriles is 3. The molecular formula is C65H67ClN18O12S3. The molecule has 34 heteroatoms. The van der Waals surface area contributed by atoms with Crippen molar-refractivity contribution in [2.24, 2.45) is 26.3 Å². The first-order valence-electron chi connectivity index (χ1n) is 31.3. The van der Waals surface area contributed by atoms with E-state index in [4.69, 9.17) is 31.6 Å². The van der Waals surface area contributed by atoms with Gasteiger partial charge in [0.05, 0.1) is 34.9 Å². The van der Waals surface area contributed by atoms with E-state index in [1.54, 1.807) is 112 Å². The summed E-state index contributed by atoms with van der Waals surface area (Å²) in [7, 11) is -0.933. The highest BCUT2D eigenvalue weighted by Crippen LogP contribution is 2.48. The molecule has 6 aliphatic rings. The highest BCUT2D eigenvalue weighted by Gasteiger charge is 2.58. The van der Waals surface area contributed by atoms with E-state index in [1.165, 1.54) is 34.9 Å². The maximum Gasteiger partial charge on any atom is 0.272 e. The first-order chi connectivity index (χ1) is 47.0. The third-order valence-electron chi connectivity index (χ3n) is 18.5. The number of fused-ring (bicyclic) bond motifs is 3. The van der Waals surface area contributed by atoms with Crippen LogP contribution in [0.25, 0.3) is 0 Å². The number of benzene rings is 3. The number of anilines is 1. The Morgan fingerprint density at radius 1 is 0.505 bits per heavy atom. The summed E-state index contributed by atoms with van der Waals surface area (Å²) < 4.78 is 77.2. The maximum atomic E-state index is 13.4. The van der Waals surface area contributed by atoms with E-state index in [1.807, 2.05) is 12.1 Å². The molecule has 0 radical (unpaired) electrons. The summed E-state index contributed by atoms with van der Waals surface area (Å²) in [4.78, 5) is 86.3. The van der Waals surface area contributed by atoms with Crippen molar-refractivity contribution in [3.63, 3.8) is 0 Å². The average molecular weight is 1420 g/mol. The highest BCUT2D eigenvalue weighted by molar-refractivity contribution is 8.15. The molecule has 3 saturated carbocycles. The lowest BCUT2D eigenvalue weighted by Gasteiger charge is -2.31. The van der Waals surface area contributed by atoms with Crippen LogP contribution in [0.1, 0.15) is 152 Å². The Labute approximate surface area is 574 Å². The second-order valence-electron chi connectivity index (χ2n) is 25.2. The van der Waals surface area contributed by atoms with Crippen molar-refractivity contribution < 1.29 is 54.0 Å². The molecule has 99 heavy (non-hydrogen) atoms. The summed E-state index contributed by atoms with van der Waals surface area (Å²) in [6.07, 6.45) is 5.33. The fraction of sp³-hybridized carbons (Fsp3) is 0.369. The lowest BCUT2D eigenvalue weighted by atomic mass is 10.0. The van der Waals surface area contributed by atoms with Crippen molar-refractivity contribution in [1.82, 2.24) is 65.0 Å². The van der Waals surface area contributed by atoms with Gasteiger partial charge in [0.25, 0.3) is 35.4 Å². The largest absolute Gasteiger partial charge is 0.347 e. The molecule has 0 spiro atoms. The topological polar surface area (TPSA) is 426 Å². The molecule has 3 aromatic carbocycles. The molecule has 0 saturated heterocycles. The Morgan fingerprint density at radius 3 is 1.11 bits per heavy atom. The van der Waals surface area contributed by atoms with Crippen molar-refractivity contribution >= 4 is 81.0 Å². The van der Waals surface area contributed by atoms with Gasteiger partial charge < -0.3 is 30.7 Å². The van der Waals surface area contributed by atoms with Gasteiger partial charge >= 0.3 is 0 Å². The molecule has 0 bridgehead atoms. The zero-order valence-electron chi connectivity index (χ0n) is 53.9. The Kier molecular flexibility index (Phi) is 19.4. The molecule has 514 valence electrons. The van der Waals surface area contributed by atoms with Crippen LogP contribution in [-0.4, -0.2) is 163 Å². The molecule has 6 N–H and O–H groups in total.